The summed E-state index contributed by atoms with van der Waals surface area (Å²) < 4.78 is 15.9. The molecule has 0 saturated heterocycles. The Labute approximate surface area is 141 Å². The quantitative estimate of drug-likeness (QED) is 0.472. The highest BCUT2D eigenvalue weighted by Crippen LogP contribution is 2.15. The van der Waals surface area contributed by atoms with Crippen molar-refractivity contribution < 1.29 is 23.8 Å². The van der Waals surface area contributed by atoms with Crippen LogP contribution < -0.4 is 15.4 Å². The molecule has 0 spiro atoms. The number of carbonyl (C=O) groups excluding carboxylic acids is 2. The van der Waals surface area contributed by atoms with Gasteiger partial charge in [-0.2, -0.15) is 0 Å². The lowest BCUT2D eigenvalue weighted by Crippen LogP contribution is -2.32. The zero-order valence-corrected chi connectivity index (χ0v) is 13.7. The van der Waals surface area contributed by atoms with E-state index >= 15 is 0 Å². The predicted octanol–water partition coefficient (Wildman–Crippen LogP) is 1.44. The van der Waals surface area contributed by atoms with Crippen LogP contribution in [0, 0.1) is 12.3 Å². The van der Waals surface area contributed by atoms with Gasteiger partial charge in [0.05, 0.1) is 26.4 Å². The molecule has 0 unspecified atom stereocenters. The smallest absolute Gasteiger partial charge is 0.319 e. The number of rotatable bonds is 11. The van der Waals surface area contributed by atoms with Crippen LogP contribution in [0.15, 0.2) is 24.3 Å². The second kappa shape index (κ2) is 11.9. The number of carbonyl (C=O) groups is 2. The summed E-state index contributed by atoms with van der Waals surface area (Å²) in [7, 11) is 0. The fourth-order valence-electron chi connectivity index (χ4n) is 1.58. The van der Waals surface area contributed by atoms with Crippen LogP contribution in [0.25, 0.3) is 0 Å². The van der Waals surface area contributed by atoms with Crippen molar-refractivity contribution in [1.29, 1.82) is 0 Å². The maximum absolute atomic E-state index is 11.5. The monoisotopic (exact) mass is 334 g/mol. The van der Waals surface area contributed by atoms with Crippen LogP contribution in [0.2, 0.25) is 0 Å². The summed E-state index contributed by atoms with van der Waals surface area (Å²) in [5, 5.41) is 5.06. The van der Waals surface area contributed by atoms with Crippen molar-refractivity contribution in [1.82, 2.24) is 5.32 Å². The molecule has 0 heterocycles. The van der Waals surface area contributed by atoms with Crippen molar-refractivity contribution in [2.75, 3.05) is 44.9 Å². The molecule has 0 aromatic heterocycles. The number of anilines is 1. The molecule has 7 heteroatoms. The lowest BCUT2D eigenvalue weighted by molar-refractivity contribution is -0.116. The standard InChI is InChI=1S/C17H22N2O5/c1-3-8-22-9-10-23-11-12-24-16-6-4-15(5-7-16)19-17(21)18-13-14(2)20/h1,4-7H,8-13H2,2H3,(H2,18,19,21). The summed E-state index contributed by atoms with van der Waals surface area (Å²) in [5.41, 5.74) is 0.602. The molecular weight excluding hydrogens is 312 g/mol. The van der Waals surface area contributed by atoms with Crippen LogP contribution in [0.3, 0.4) is 0 Å². The van der Waals surface area contributed by atoms with Crippen molar-refractivity contribution in [3.8, 4) is 18.1 Å². The van der Waals surface area contributed by atoms with Gasteiger partial charge in [0.2, 0.25) is 0 Å². The fraction of sp³-hybridized carbons (Fsp3) is 0.412. The van der Waals surface area contributed by atoms with Gasteiger partial charge in [-0.25, -0.2) is 4.79 Å². The molecule has 130 valence electrons. The van der Waals surface area contributed by atoms with E-state index in [1.165, 1.54) is 6.92 Å². The Morgan fingerprint density at radius 1 is 1.08 bits per heavy atom. The first-order valence-electron chi connectivity index (χ1n) is 7.48. The molecule has 0 radical (unpaired) electrons. The van der Waals surface area contributed by atoms with Crippen LogP contribution in [-0.4, -0.2) is 51.4 Å². The van der Waals surface area contributed by atoms with Gasteiger partial charge in [0.1, 0.15) is 24.7 Å². The Bertz CT molecular complexity index is 551. The number of terminal acetylenes is 1. The largest absolute Gasteiger partial charge is 0.491 e. The van der Waals surface area contributed by atoms with Crippen LogP contribution in [0.5, 0.6) is 5.75 Å². The van der Waals surface area contributed by atoms with Gasteiger partial charge in [0.25, 0.3) is 0 Å². The summed E-state index contributed by atoms with van der Waals surface area (Å²) in [6, 6.07) is 6.45. The third-order valence-electron chi connectivity index (χ3n) is 2.66. The number of nitrogens with one attached hydrogen (secondary N) is 2. The average molecular weight is 334 g/mol. The molecule has 0 atom stereocenters. The molecule has 2 N–H and O–H groups in total. The summed E-state index contributed by atoms with van der Waals surface area (Å²) in [6.07, 6.45) is 5.04. The molecule has 7 nitrogen and oxygen atoms in total. The Morgan fingerprint density at radius 2 is 1.75 bits per heavy atom. The summed E-state index contributed by atoms with van der Waals surface area (Å²) in [6.45, 7) is 3.45. The van der Waals surface area contributed by atoms with Gasteiger partial charge >= 0.3 is 6.03 Å². The van der Waals surface area contributed by atoms with Crippen LogP contribution >= 0.6 is 0 Å². The maximum Gasteiger partial charge on any atom is 0.319 e. The average Bonchev–Trinajstić information content (AvgIpc) is 2.57. The van der Waals surface area contributed by atoms with Gasteiger partial charge in [0.15, 0.2) is 0 Å². The summed E-state index contributed by atoms with van der Waals surface area (Å²) in [5.74, 6) is 2.92. The summed E-state index contributed by atoms with van der Waals surface area (Å²) in [4.78, 5) is 22.3. The van der Waals surface area contributed by atoms with E-state index in [0.717, 1.165) is 0 Å². The zero-order valence-electron chi connectivity index (χ0n) is 13.7. The maximum atomic E-state index is 11.5. The van der Waals surface area contributed by atoms with E-state index in [1.54, 1.807) is 24.3 Å². The number of urea groups is 1. The number of hydrogen-bond acceptors (Lipinski definition) is 5. The minimum Gasteiger partial charge on any atom is -0.491 e. The van der Waals surface area contributed by atoms with Crippen molar-refractivity contribution in [2.24, 2.45) is 0 Å². The minimum absolute atomic E-state index is 0.000796. The number of hydrogen-bond donors (Lipinski definition) is 2. The lowest BCUT2D eigenvalue weighted by atomic mass is 10.3. The van der Waals surface area contributed by atoms with Crippen LogP contribution in [-0.2, 0) is 14.3 Å². The van der Waals surface area contributed by atoms with Gasteiger partial charge < -0.3 is 24.8 Å². The Hall–Kier alpha value is -2.56. The van der Waals surface area contributed by atoms with Crippen molar-refractivity contribution in [2.45, 2.75) is 6.92 Å². The van der Waals surface area contributed by atoms with E-state index in [1.807, 2.05) is 0 Å². The van der Waals surface area contributed by atoms with Gasteiger partial charge in [0, 0.05) is 5.69 Å². The van der Waals surface area contributed by atoms with Crippen molar-refractivity contribution in [3.05, 3.63) is 24.3 Å². The van der Waals surface area contributed by atoms with E-state index in [4.69, 9.17) is 20.6 Å². The first-order valence-corrected chi connectivity index (χ1v) is 7.48. The number of benzene rings is 1. The first kappa shape index (κ1) is 19.5. The SMILES string of the molecule is C#CCOCCOCCOc1ccc(NC(=O)NCC(C)=O)cc1. The minimum atomic E-state index is -0.431. The second-order valence-electron chi connectivity index (χ2n) is 4.75. The van der Waals surface area contributed by atoms with Crippen LogP contribution in [0.1, 0.15) is 6.92 Å². The fourth-order valence-corrected chi connectivity index (χ4v) is 1.58. The van der Waals surface area contributed by atoms with Crippen LogP contribution in [0.4, 0.5) is 10.5 Å². The number of amides is 2. The number of ether oxygens (including phenoxy) is 3. The van der Waals surface area contributed by atoms with Gasteiger partial charge in [-0.15, -0.1) is 6.42 Å². The predicted molar refractivity (Wildman–Crippen MR) is 90.1 cm³/mol. The Balaban J connectivity index is 2.17. The molecule has 1 rings (SSSR count). The van der Waals surface area contributed by atoms with Crippen molar-refractivity contribution >= 4 is 17.5 Å². The van der Waals surface area contributed by atoms with E-state index in [2.05, 4.69) is 16.6 Å². The van der Waals surface area contributed by atoms with Crippen molar-refractivity contribution in [3.63, 3.8) is 0 Å². The van der Waals surface area contributed by atoms with Gasteiger partial charge in [-0.3, -0.25) is 4.79 Å². The molecule has 0 bridgehead atoms. The number of Topliss-reactive ketones (excluding diaryl/α,β-unsaturated/α-hetero) is 1. The van der Waals surface area contributed by atoms with E-state index < -0.39 is 6.03 Å². The molecule has 2 amide bonds. The third-order valence-corrected chi connectivity index (χ3v) is 2.66. The van der Waals surface area contributed by atoms with E-state index in [0.29, 0.717) is 37.9 Å². The molecule has 0 aliphatic carbocycles. The first-order chi connectivity index (χ1) is 11.6. The molecule has 24 heavy (non-hydrogen) atoms. The van der Waals surface area contributed by atoms with E-state index in [-0.39, 0.29) is 18.9 Å². The molecule has 0 aliphatic rings. The Kier molecular flexibility index (Phi) is 9.69. The second-order valence-corrected chi connectivity index (χ2v) is 4.75. The topological polar surface area (TPSA) is 85.9 Å². The highest BCUT2D eigenvalue weighted by molar-refractivity contribution is 5.92. The Morgan fingerprint density at radius 3 is 2.42 bits per heavy atom. The highest BCUT2D eigenvalue weighted by atomic mass is 16.5. The lowest BCUT2D eigenvalue weighted by Gasteiger charge is -2.09. The molecule has 1 aromatic rings. The molecule has 0 fully saturated rings. The zero-order chi connectivity index (χ0) is 17.6. The molecule has 0 aliphatic heterocycles. The molecule has 1 aromatic carbocycles. The molecular formula is C17H22N2O5. The highest BCUT2D eigenvalue weighted by Gasteiger charge is 2.03. The third kappa shape index (κ3) is 9.46. The van der Waals surface area contributed by atoms with Gasteiger partial charge in [-0.1, -0.05) is 5.92 Å². The number of ketones is 1. The normalized spacial score (nSPS) is 9.83. The molecule has 0 saturated carbocycles. The summed E-state index contributed by atoms with van der Waals surface area (Å²) >= 11 is 0. The van der Waals surface area contributed by atoms with Gasteiger partial charge in [-0.05, 0) is 31.2 Å². The van der Waals surface area contributed by atoms with E-state index in [9.17, 15) is 9.59 Å².